The summed E-state index contributed by atoms with van der Waals surface area (Å²) in [5.41, 5.74) is 0.551. The second-order valence-corrected chi connectivity index (χ2v) is 8.42. The van der Waals surface area contributed by atoms with Crippen molar-refractivity contribution in [2.75, 3.05) is 0 Å². The van der Waals surface area contributed by atoms with Gasteiger partial charge in [0.15, 0.2) is 0 Å². The molecule has 0 amide bonds. The molecule has 4 heteroatoms. The van der Waals surface area contributed by atoms with Crippen LogP contribution in [0.2, 0.25) is 0 Å². The van der Waals surface area contributed by atoms with Gasteiger partial charge < -0.3 is 10.2 Å². The van der Waals surface area contributed by atoms with E-state index in [0.717, 1.165) is 22.3 Å². The highest BCUT2D eigenvalue weighted by Gasteiger charge is 2.57. The average Bonchev–Trinajstić information content (AvgIpc) is 2.88. The predicted octanol–water partition coefficient (Wildman–Crippen LogP) is 5.91. The fourth-order valence-electron chi connectivity index (χ4n) is 5.37. The summed E-state index contributed by atoms with van der Waals surface area (Å²) in [4.78, 5) is 25.2. The Morgan fingerprint density at radius 2 is 0.647 bits per heavy atom. The maximum Gasteiger partial charge on any atom is 0.304 e. The van der Waals surface area contributed by atoms with Crippen LogP contribution >= 0.6 is 0 Å². The molecule has 4 aromatic rings. The molecule has 0 saturated heterocycles. The molecule has 34 heavy (non-hydrogen) atoms. The van der Waals surface area contributed by atoms with Crippen molar-refractivity contribution in [3.8, 4) is 0 Å². The Morgan fingerprint density at radius 1 is 0.441 bits per heavy atom. The Balaban J connectivity index is 2.26. The minimum absolute atomic E-state index is 0.294. The van der Waals surface area contributed by atoms with Crippen molar-refractivity contribution in [1.82, 2.24) is 0 Å². The molecule has 4 nitrogen and oxygen atoms in total. The molecule has 170 valence electrons. The van der Waals surface area contributed by atoms with E-state index in [1.54, 1.807) is 0 Å². The van der Waals surface area contributed by atoms with Crippen LogP contribution in [0.1, 0.15) is 35.1 Å². The van der Waals surface area contributed by atoms with Crippen LogP contribution in [0, 0.1) is 0 Å². The Kier molecular flexibility index (Phi) is 6.60. The fraction of sp³-hybridized carbons (Fsp3) is 0.133. The van der Waals surface area contributed by atoms with Gasteiger partial charge in [-0.1, -0.05) is 121 Å². The van der Waals surface area contributed by atoms with Gasteiger partial charge in [-0.05, 0) is 22.3 Å². The van der Waals surface area contributed by atoms with Crippen molar-refractivity contribution in [3.05, 3.63) is 144 Å². The molecular weight excluding hydrogens is 424 g/mol. The van der Waals surface area contributed by atoms with Gasteiger partial charge in [0.2, 0.25) is 0 Å². The molecule has 2 N–H and O–H groups in total. The maximum absolute atomic E-state index is 12.6. The largest absolute Gasteiger partial charge is 0.481 e. The van der Waals surface area contributed by atoms with E-state index < -0.39 is 22.8 Å². The first kappa shape index (κ1) is 23.0. The Labute approximate surface area is 199 Å². The zero-order valence-corrected chi connectivity index (χ0v) is 18.7. The molecule has 0 aliphatic carbocycles. The normalized spacial score (nSPS) is 11.6. The summed E-state index contributed by atoms with van der Waals surface area (Å²) in [6.45, 7) is 0. The number of benzene rings is 4. The van der Waals surface area contributed by atoms with Gasteiger partial charge in [-0.15, -0.1) is 0 Å². The van der Waals surface area contributed by atoms with E-state index in [9.17, 15) is 19.8 Å². The molecule has 0 spiro atoms. The van der Waals surface area contributed by atoms with Crippen LogP contribution in [0.5, 0.6) is 0 Å². The fourth-order valence-corrected chi connectivity index (χ4v) is 5.37. The topological polar surface area (TPSA) is 74.6 Å². The second kappa shape index (κ2) is 9.75. The quantitative estimate of drug-likeness (QED) is 0.333. The third-order valence-electron chi connectivity index (χ3n) is 6.63. The van der Waals surface area contributed by atoms with Crippen molar-refractivity contribution in [2.24, 2.45) is 0 Å². The number of aliphatic carboxylic acids is 2. The molecule has 0 heterocycles. The van der Waals surface area contributed by atoms with Crippen LogP contribution in [-0.4, -0.2) is 22.2 Å². The lowest BCUT2D eigenvalue weighted by Gasteiger charge is -2.51. The molecule has 0 aromatic heterocycles. The van der Waals surface area contributed by atoms with Crippen LogP contribution < -0.4 is 0 Å². The molecule has 4 aromatic carbocycles. The van der Waals surface area contributed by atoms with Gasteiger partial charge >= 0.3 is 11.9 Å². The molecule has 0 atom stereocenters. The van der Waals surface area contributed by atoms with Crippen molar-refractivity contribution in [3.63, 3.8) is 0 Å². The summed E-state index contributed by atoms with van der Waals surface area (Å²) in [7, 11) is 0. The van der Waals surface area contributed by atoms with E-state index in [1.165, 1.54) is 0 Å². The first-order valence-corrected chi connectivity index (χ1v) is 11.2. The van der Waals surface area contributed by atoms with E-state index in [1.807, 2.05) is 121 Å². The maximum atomic E-state index is 12.6. The van der Waals surface area contributed by atoms with Gasteiger partial charge in [0.25, 0.3) is 0 Å². The number of hydrogen-bond acceptors (Lipinski definition) is 2. The van der Waals surface area contributed by atoms with Crippen LogP contribution in [0.25, 0.3) is 0 Å². The number of carboxylic acids is 2. The monoisotopic (exact) mass is 450 g/mol. The lowest BCUT2D eigenvalue weighted by molar-refractivity contribution is -0.142. The number of carbonyl (C=O) groups is 2. The van der Waals surface area contributed by atoms with Gasteiger partial charge in [-0.3, -0.25) is 9.59 Å². The van der Waals surface area contributed by atoms with Gasteiger partial charge in [-0.2, -0.15) is 0 Å². The number of hydrogen-bond donors (Lipinski definition) is 2. The first-order valence-electron chi connectivity index (χ1n) is 11.2. The van der Waals surface area contributed by atoms with Crippen molar-refractivity contribution in [1.29, 1.82) is 0 Å². The molecular formula is C30H26O4. The van der Waals surface area contributed by atoms with Crippen LogP contribution in [0.4, 0.5) is 0 Å². The molecule has 0 saturated carbocycles. The van der Waals surface area contributed by atoms with Crippen LogP contribution in [-0.2, 0) is 20.4 Å². The van der Waals surface area contributed by atoms with Crippen LogP contribution in [0.3, 0.4) is 0 Å². The third-order valence-corrected chi connectivity index (χ3v) is 6.63. The highest BCUT2D eigenvalue weighted by Crippen LogP contribution is 2.56. The zero-order valence-electron chi connectivity index (χ0n) is 18.7. The van der Waals surface area contributed by atoms with E-state index in [-0.39, 0.29) is 12.8 Å². The Bertz CT molecular complexity index is 1060. The highest BCUT2D eigenvalue weighted by atomic mass is 16.4. The zero-order chi connectivity index (χ0) is 24.0. The van der Waals surface area contributed by atoms with Crippen molar-refractivity contribution < 1.29 is 19.8 Å². The molecule has 0 aliphatic heterocycles. The Hall–Kier alpha value is -4.18. The summed E-state index contributed by atoms with van der Waals surface area (Å²) in [5, 5.41) is 20.6. The summed E-state index contributed by atoms with van der Waals surface area (Å²) < 4.78 is 0. The molecule has 0 fully saturated rings. The molecule has 0 bridgehead atoms. The number of rotatable bonds is 9. The molecule has 0 aliphatic rings. The van der Waals surface area contributed by atoms with Crippen molar-refractivity contribution >= 4 is 11.9 Å². The lowest BCUT2D eigenvalue weighted by Crippen LogP contribution is -2.53. The third kappa shape index (κ3) is 3.99. The summed E-state index contributed by atoms with van der Waals surface area (Å²) in [6.07, 6.45) is -0.587. The van der Waals surface area contributed by atoms with Gasteiger partial charge in [0.1, 0.15) is 0 Å². The minimum atomic E-state index is -1.22. The summed E-state index contributed by atoms with van der Waals surface area (Å²) in [5.74, 6) is -2.01. The summed E-state index contributed by atoms with van der Waals surface area (Å²) in [6, 6.07) is 37.7. The van der Waals surface area contributed by atoms with Gasteiger partial charge in [-0.25, -0.2) is 0 Å². The van der Waals surface area contributed by atoms with Gasteiger partial charge in [0, 0.05) is 10.8 Å². The van der Waals surface area contributed by atoms with E-state index in [0.29, 0.717) is 0 Å². The standard InChI is InChI=1S/C30H26O4/c31-27(32)21-29(23-13-5-1-6-14-23,24-15-7-2-8-16-24)30(22-28(33)34,25-17-9-3-10-18-25)26-19-11-4-12-20-26/h1-20H,21-22H2,(H,31,32)(H,33,34). The highest BCUT2D eigenvalue weighted by molar-refractivity contribution is 5.77. The van der Waals surface area contributed by atoms with E-state index in [2.05, 4.69) is 0 Å². The van der Waals surface area contributed by atoms with Gasteiger partial charge in [0.05, 0.1) is 12.8 Å². The minimum Gasteiger partial charge on any atom is -0.481 e. The second-order valence-electron chi connectivity index (χ2n) is 8.42. The van der Waals surface area contributed by atoms with Crippen LogP contribution in [0.15, 0.2) is 121 Å². The predicted molar refractivity (Wildman–Crippen MR) is 132 cm³/mol. The lowest BCUT2D eigenvalue weighted by atomic mass is 9.49. The Morgan fingerprint density at radius 3 is 0.824 bits per heavy atom. The number of carboxylic acid groups (broad SMARTS) is 2. The van der Waals surface area contributed by atoms with E-state index >= 15 is 0 Å². The molecule has 0 unspecified atom stereocenters. The SMILES string of the molecule is O=C(O)CC(c1ccccc1)(c1ccccc1)C(CC(=O)O)(c1ccccc1)c1ccccc1. The smallest absolute Gasteiger partial charge is 0.304 e. The van der Waals surface area contributed by atoms with E-state index in [4.69, 9.17) is 0 Å². The average molecular weight is 451 g/mol. The summed E-state index contributed by atoms with van der Waals surface area (Å²) >= 11 is 0. The molecule has 0 radical (unpaired) electrons. The molecule has 4 rings (SSSR count). The first-order chi connectivity index (χ1) is 16.5. The van der Waals surface area contributed by atoms with Crippen molar-refractivity contribution in [2.45, 2.75) is 23.7 Å².